The van der Waals surface area contributed by atoms with Crippen molar-refractivity contribution in [1.29, 1.82) is 0 Å². The highest BCUT2D eigenvalue weighted by Gasteiger charge is 2.01. The van der Waals surface area contributed by atoms with Gasteiger partial charge in [0.15, 0.2) is 0 Å². The molecule has 1 unspecified atom stereocenters. The predicted molar refractivity (Wildman–Crippen MR) is 49.7 cm³/mol. The van der Waals surface area contributed by atoms with Crippen molar-refractivity contribution in [3.05, 3.63) is 0 Å². The maximum absolute atomic E-state index is 5.06. The molecule has 0 N–H and O–H groups in total. The highest BCUT2D eigenvalue weighted by Crippen LogP contribution is 2.12. The van der Waals surface area contributed by atoms with Crippen molar-refractivity contribution >= 4 is 0 Å². The molecule has 0 aromatic carbocycles. The normalized spacial score (nSPS) is 13.9. The minimum absolute atomic E-state index is 0.735. The van der Waals surface area contributed by atoms with E-state index in [1.165, 1.54) is 19.3 Å². The maximum atomic E-state index is 5.06. The number of ether oxygens (including phenoxy) is 1. The lowest BCUT2D eigenvalue weighted by Crippen LogP contribution is -2.03. The number of methoxy groups -OCH3 is 1. The van der Waals surface area contributed by atoms with Crippen LogP contribution in [0.5, 0.6) is 0 Å². The van der Waals surface area contributed by atoms with Crippen LogP contribution in [0.25, 0.3) is 0 Å². The molecular formula is C10H22O. The van der Waals surface area contributed by atoms with Crippen LogP contribution in [0.1, 0.15) is 40.0 Å². The average molecular weight is 158 g/mol. The van der Waals surface area contributed by atoms with Gasteiger partial charge < -0.3 is 4.74 Å². The molecule has 68 valence electrons. The molecule has 1 heteroatoms. The zero-order valence-corrected chi connectivity index (χ0v) is 8.39. The Morgan fingerprint density at radius 3 is 2.18 bits per heavy atom. The molecule has 1 atom stereocenters. The molecule has 0 aromatic heterocycles. The van der Waals surface area contributed by atoms with Crippen LogP contribution in [0.4, 0.5) is 0 Å². The fraction of sp³-hybridized carbons (Fsp3) is 1.00. The van der Waals surface area contributed by atoms with Crippen molar-refractivity contribution in [1.82, 2.24) is 0 Å². The molecule has 0 aliphatic carbocycles. The second-order valence-electron chi connectivity index (χ2n) is 3.89. The summed E-state index contributed by atoms with van der Waals surface area (Å²) in [6, 6.07) is 0. The standard InChI is InChI=1S/C10H22O/c1-9(2)6-5-7-10(3)8-11-4/h9-10H,5-8H2,1-4H3. The average Bonchev–Trinajstić information content (AvgIpc) is 1.87. The van der Waals surface area contributed by atoms with Crippen LogP contribution in [0, 0.1) is 11.8 Å². The molecule has 0 aromatic rings. The van der Waals surface area contributed by atoms with Gasteiger partial charge in [-0.05, 0) is 18.3 Å². The van der Waals surface area contributed by atoms with Crippen molar-refractivity contribution < 1.29 is 4.74 Å². The van der Waals surface area contributed by atoms with Crippen LogP contribution in [-0.4, -0.2) is 13.7 Å². The Bertz CT molecular complexity index is 78.9. The number of hydrogen-bond acceptors (Lipinski definition) is 1. The Labute approximate surface area is 71.1 Å². The minimum atomic E-state index is 0.735. The molecule has 0 rings (SSSR count). The van der Waals surface area contributed by atoms with E-state index >= 15 is 0 Å². The zero-order chi connectivity index (χ0) is 8.69. The predicted octanol–water partition coefficient (Wildman–Crippen LogP) is 3.10. The third-order valence-corrected chi connectivity index (χ3v) is 1.93. The van der Waals surface area contributed by atoms with Crippen LogP contribution in [0.15, 0.2) is 0 Å². The van der Waals surface area contributed by atoms with E-state index in [-0.39, 0.29) is 0 Å². The van der Waals surface area contributed by atoms with Gasteiger partial charge in [0.2, 0.25) is 0 Å². The minimum Gasteiger partial charge on any atom is -0.384 e. The van der Waals surface area contributed by atoms with Gasteiger partial charge in [-0.25, -0.2) is 0 Å². The van der Waals surface area contributed by atoms with Crippen molar-refractivity contribution in [2.45, 2.75) is 40.0 Å². The molecule has 11 heavy (non-hydrogen) atoms. The summed E-state index contributed by atoms with van der Waals surface area (Å²) in [6.07, 6.45) is 4.02. The molecule has 0 saturated carbocycles. The Kier molecular flexibility index (Phi) is 6.63. The second-order valence-corrected chi connectivity index (χ2v) is 3.89. The van der Waals surface area contributed by atoms with Crippen LogP contribution in [0.2, 0.25) is 0 Å². The summed E-state index contributed by atoms with van der Waals surface area (Å²) in [7, 11) is 1.78. The fourth-order valence-electron chi connectivity index (χ4n) is 1.24. The summed E-state index contributed by atoms with van der Waals surface area (Å²) in [5, 5.41) is 0. The highest BCUT2D eigenvalue weighted by atomic mass is 16.5. The Morgan fingerprint density at radius 2 is 1.73 bits per heavy atom. The Balaban J connectivity index is 3.10. The molecule has 0 saturated heterocycles. The molecule has 0 amide bonds. The van der Waals surface area contributed by atoms with E-state index < -0.39 is 0 Å². The van der Waals surface area contributed by atoms with Crippen LogP contribution < -0.4 is 0 Å². The van der Waals surface area contributed by atoms with Crippen molar-refractivity contribution in [3.8, 4) is 0 Å². The summed E-state index contributed by atoms with van der Waals surface area (Å²) < 4.78 is 5.06. The summed E-state index contributed by atoms with van der Waals surface area (Å²) in [5.74, 6) is 1.59. The van der Waals surface area contributed by atoms with Gasteiger partial charge in [0.1, 0.15) is 0 Å². The molecule has 0 radical (unpaired) electrons. The first-order valence-electron chi connectivity index (χ1n) is 4.65. The lowest BCUT2D eigenvalue weighted by molar-refractivity contribution is 0.153. The Hall–Kier alpha value is -0.0400. The summed E-state index contributed by atoms with van der Waals surface area (Å²) >= 11 is 0. The molecule has 0 spiro atoms. The van der Waals surface area contributed by atoms with Gasteiger partial charge in [-0.2, -0.15) is 0 Å². The molecule has 0 bridgehead atoms. The molecule has 0 heterocycles. The monoisotopic (exact) mass is 158 g/mol. The zero-order valence-electron chi connectivity index (χ0n) is 8.39. The van der Waals surface area contributed by atoms with Crippen LogP contribution in [0.3, 0.4) is 0 Å². The molecular weight excluding hydrogens is 136 g/mol. The number of hydrogen-bond donors (Lipinski definition) is 0. The molecule has 0 aliphatic rings. The summed E-state index contributed by atoms with van der Waals surface area (Å²) in [4.78, 5) is 0. The first kappa shape index (κ1) is 11.0. The second kappa shape index (κ2) is 6.66. The Morgan fingerprint density at radius 1 is 1.09 bits per heavy atom. The van der Waals surface area contributed by atoms with E-state index in [1.807, 2.05) is 0 Å². The van der Waals surface area contributed by atoms with E-state index in [9.17, 15) is 0 Å². The first-order valence-corrected chi connectivity index (χ1v) is 4.65. The molecule has 0 aliphatic heterocycles. The van der Waals surface area contributed by atoms with Crippen molar-refractivity contribution in [3.63, 3.8) is 0 Å². The van der Waals surface area contributed by atoms with Gasteiger partial charge in [-0.15, -0.1) is 0 Å². The van der Waals surface area contributed by atoms with Gasteiger partial charge in [0.05, 0.1) is 0 Å². The van der Waals surface area contributed by atoms with Gasteiger partial charge in [-0.1, -0.05) is 33.6 Å². The summed E-state index contributed by atoms with van der Waals surface area (Å²) in [5.41, 5.74) is 0. The van der Waals surface area contributed by atoms with Crippen molar-refractivity contribution in [2.75, 3.05) is 13.7 Å². The fourth-order valence-corrected chi connectivity index (χ4v) is 1.24. The SMILES string of the molecule is COCC(C)CCCC(C)C. The third-order valence-electron chi connectivity index (χ3n) is 1.93. The lowest BCUT2D eigenvalue weighted by atomic mass is 10.0. The smallest absolute Gasteiger partial charge is 0.0487 e. The van der Waals surface area contributed by atoms with Gasteiger partial charge in [-0.3, -0.25) is 0 Å². The quantitative estimate of drug-likeness (QED) is 0.577. The third kappa shape index (κ3) is 7.86. The van der Waals surface area contributed by atoms with E-state index in [1.54, 1.807) is 7.11 Å². The van der Waals surface area contributed by atoms with Gasteiger partial charge in [0, 0.05) is 13.7 Å². The highest BCUT2D eigenvalue weighted by molar-refractivity contribution is 4.53. The molecule has 0 fully saturated rings. The van der Waals surface area contributed by atoms with Gasteiger partial charge in [0.25, 0.3) is 0 Å². The van der Waals surface area contributed by atoms with Gasteiger partial charge >= 0.3 is 0 Å². The van der Waals surface area contributed by atoms with Crippen LogP contribution in [-0.2, 0) is 4.74 Å². The van der Waals surface area contributed by atoms with Crippen LogP contribution >= 0.6 is 0 Å². The first-order chi connectivity index (χ1) is 5.16. The lowest BCUT2D eigenvalue weighted by Gasteiger charge is -2.10. The maximum Gasteiger partial charge on any atom is 0.0487 e. The van der Waals surface area contributed by atoms with Crippen molar-refractivity contribution in [2.24, 2.45) is 11.8 Å². The molecule has 1 nitrogen and oxygen atoms in total. The van der Waals surface area contributed by atoms with E-state index in [0.717, 1.165) is 18.4 Å². The largest absolute Gasteiger partial charge is 0.384 e. The summed E-state index contributed by atoms with van der Waals surface area (Å²) in [6.45, 7) is 7.73. The van der Waals surface area contributed by atoms with E-state index in [4.69, 9.17) is 4.74 Å². The topological polar surface area (TPSA) is 9.23 Å². The van der Waals surface area contributed by atoms with E-state index in [0.29, 0.717) is 0 Å². The van der Waals surface area contributed by atoms with E-state index in [2.05, 4.69) is 20.8 Å². The number of rotatable bonds is 6.